The number of hydrogen-bond donors (Lipinski definition) is 1. The van der Waals surface area contributed by atoms with Crippen LogP contribution in [0, 0.1) is 0 Å². The standard InChI is InChI=1S/C16H23NO2/c1-17-14-7-3-5-9-16(14)19-11-12-10-18-15-8-4-2-6-13(12)15/h2,4,6,8,12,14,16-17H,3,5,7,9-11H2,1H3. The van der Waals surface area contributed by atoms with Crippen molar-refractivity contribution in [1.29, 1.82) is 0 Å². The van der Waals surface area contributed by atoms with Crippen molar-refractivity contribution in [3.63, 3.8) is 0 Å². The maximum absolute atomic E-state index is 6.18. The zero-order valence-corrected chi connectivity index (χ0v) is 11.6. The molecular weight excluding hydrogens is 238 g/mol. The highest BCUT2D eigenvalue weighted by atomic mass is 16.5. The van der Waals surface area contributed by atoms with E-state index in [2.05, 4.69) is 17.4 Å². The summed E-state index contributed by atoms with van der Waals surface area (Å²) in [6, 6.07) is 8.84. The second-order valence-electron chi connectivity index (χ2n) is 5.60. The Labute approximate surface area is 115 Å². The smallest absolute Gasteiger partial charge is 0.123 e. The van der Waals surface area contributed by atoms with Crippen molar-refractivity contribution in [3.8, 4) is 5.75 Å². The van der Waals surface area contributed by atoms with Crippen molar-refractivity contribution < 1.29 is 9.47 Å². The van der Waals surface area contributed by atoms with Crippen LogP contribution in [0.2, 0.25) is 0 Å². The van der Waals surface area contributed by atoms with E-state index in [0.717, 1.165) is 19.0 Å². The van der Waals surface area contributed by atoms with Crippen molar-refractivity contribution in [2.24, 2.45) is 0 Å². The number of hydrogen-bond acceptors (Lipinski definition) is 3. The Balaban J connectivity index is 1.58. The van der Waals surface area contributed by atoms with Crippen molar-refractivity contribution in [2.75, 3.05) is 20.3 Å². The van der Waals surface area contributed by atoms with Crippen molar-refractivity contribution in [2.45, 2.75) is 43.7 Å². The third-order valence-electron chi connectivity index (χ3n) is 4.38. The van der Waals surface area contributed by atoms with Crippen LogP contribution in [0.5, 0.6) is 5.75 Å². The number of likely N-dealkylation sites (N-methyl/N-ethyl adjacent to an activating group) is 1. The maximum atomic E-state index is 6.18. The molecule has 1 heterocycles. The van der Waals surface area contributed by atoms with Gasteiger partial charge in [-0.3, -0.25) is 0 Å². The highest BCUT2D eigenvalue weighted by Gasteiger charge is 2.28. The van der Waals surface area contributed by atoms with E-state index in [0.29, 0.717) is 18.1 Å². The van der Waals surface area contributed by atoms with E-state index in [4.69, 9.17) is 9.47 Å². The molecule has 19 heavy (non-hydrogen) atoms. The summed E-state index contributed by atoms with van der Waals surface area (Å²) in [5.74, 6) is 1.43. The van der Waals surface area contributed by atoms with Gasteiger partial charge in [0, 0.05) is 17.5 Å². The molecule has 0 saturated heterocycles. The van der Waals surface area contributed by atoms with Gasteiger partial charge in [-0.05, 0) is 26.0 Å². The molecule has 3 nitrogen and oxygen atoms in total. The molecular formula is C16H23NO2. The first kappa shape index (κ1) is 12.9. The average molecular weight is 261 g/mol. The number of fused-ring (bicyclic) bond motifs is 1. The molecule has 3 atom stereocenters. The summed E-state index contributed by atoms with van der Waals surface area (Å²) in [6.45, 7) is 1.54. The number of ether oxygens (including phenoxy) is 2. The number of nitrogens with one attached hydrogen (secondary N) is 1. The zero-order valence-electron chi connectivity index (χ0n) is 11.6. The van der Waals surface area contributed by atoms with E-state index in [1.807, 2.05) is 19.2 Å². The van der Waals surface area contributed by atoms with E-state index in [1.54, 1.807) is 0 Å². The van der Waals surface area contributed by atoms with Gasteiger partial charge in [0.1, 0.15) is 5.75 Å². The Morgan fingerprint density at radius 1 is 1.26 bits per heavy atom. The first-order valence-corrected chi connectivity index (χ1v) is 7.39. The van der Waals surface area contributed by atoms with Gasteiger partial charge in [-0.1, -0.05) is 31.0 Å². The molecule has 2 aliphatic rings. The maximum Gasteiger partial charge on any atom is 0.123 e. The Hall–Kier alpha value is -1.06. The number of rotatable bonds is 4. The predicted molar refractivity (Wildman–Crippen MR) is 75.7 cm³/mol. The molecule has 1 aromatic carbocycles. The first-order valence-electron chi connectivity index (χ1n) is 7.39. The predicted octanol–water partition coefficient (Wildman–Crippen LogP) is 2.71. The lowest BCUT2D eigenvalue weighted by Crippen LogP contribution is -2.42. The lowest BCUT2D eigenvalue weighted by molar-refractivity contribution is -0.00199. The average Bonchev–Trinajstić information content (AvgIpc) is 2.89. The molecule has 1 aliphatic heterocycles. The molecule has 1 aliphatic carbocycles. The van der Waals surface area contributed by atoms with Gasteiger partial charge in [0.05, 0.1) is 19.3 Å². The summed E-state index contributed by atoms with van der Waals surface area (Å²) in [4.78, 5) is 0. The van der Waals surface area contributed by atoms with Crippen LogP contribution >= 0.6 is 0 Å². The molecule has 1 aromatic rings. The monoisotopic (exact) mass is 261 g/mol. The van der Waals surface area contributed by atoms with Crippen LogP contribution in [0.4, 0.5) is 0 Å². The second kappa shape index (κ2) is 5.93. The molecule has 0 radical (unpaired) electrons. The van der Waals surface area contributed by atoms with Crippen molar-refractivity contribution in [1.82, 2.24) is 5.32 Å². The van der Waals surface area contributed by atoms with E-state index in [1.165, 1.54) is 31.2 Å². The molecule has 0 spiro atoms. The minimum atomic E-state index is 0.367. The summed E-state index contributed by atoms with van der Waals surface area (Å²) in [5.41, 5.74) is 1.30. The molecule has 0 aromatic heterocycles. The minimum absolute atomic E-state index is 0.367. The van der Waals surface area contributed by atoms with Gasteiger partial charge in [0.15, 0.2) is 0 Å². The Morgan fingerprint density at radius 3 is 3.00 bits per heavy atom. The highest BCUT2D eigenvalue weighted by molar-refractivity contribution is 5.39. The third-order valence-corrected chi connectivity index (χ3v) is 4.38. The Morgan fingerprint density at radius 2 is 2.11 bits per heavy atom. The topological polar surface area (TPSA) is 30.5 Å². The SMILES string of the molecule is CNC1CCCCC1OCC1COc2ccccc21. The molecule has 104 valence electrons. The van der Waals surface area contributed by atoms with E-state index in [9.17, 15) is 0 Å². The van der Waals surface area contributed by atoms with Gasteiger partial charge in [-0.25, -0.2) is 0 Å². The van der Waals surface area contributed by atoms with Crippen LogP contribution in [-0.4, -0.2) is 32.4 Å². The molecule has 0 amide bonds. The van der Waals surface area contributed by atoms with Crippen molar-refractivity contribution in [3.05, 3.63) is 29.8 Å². The lowest BCUT2D eigenvalue weighted by Gasteiger charge is -2.31. The van der Waals surface area contributed by atoms with Crippen LogP contribution in [0.1, 0.15) is 37.2 Å². The molecule has 1 saturated carbocycles. The summed E-state index contributed by atoms with van der Waals surface area (Å²) >= 11 is 0. The van der Waals surface area contributed by atoms with Crippen LogP contribution in [0.25, 0.3) is 0 Å². The molecule has 3 rings (SSSR count). The quantitative estimate of drug-likeness (QED) is 0.904. The number of para-hydroxylation sites is 1. The highest BCUT2D eigenvalue weighted by Crippen LogP contribution is 2.34. The van der Waals surface area contributed by atoms with Crippen LogP contribution in [0.3, 0.4) is 0 Å². The van der Waals surface area contributed by atoms with Gasteiger partial charge < -0.3 is 14.8 Å². The zero-order chi connectivity index (χ0) is 13.1. The first-order chi connectivity index (χ1) is 9.38. The minimum Gasteiger partial charge on any atom is -0.493 e. The fourth-order valence-corrected chi connectivity index (χ4v) is 3.23. The van der Waals surface area contributed by atoms with Gasteiger partial charge in [-0.2, -0.15) is 0 Å². The summed E-state index contributed by atoms with van der Waals surface area (Å²) in [6.07, 6.45) is 5.40. The van der Waals surface area contributed by atoms with Crippen molar-refractivity contribution >= 4 is 0 Å². The fraction of sp³-hybridized carbons (Fsp3) is 0.625. The normalized spacial score (nSPS) is 29.8. The van der Waals surface area contributed by atoms with Gasteiger partial charge in [0.2, 0.25) is 0 Å². The second-order valence-corrected chi connectivity index (χ2v) is 5.60. The molecule has 1 fully saturated rings. The van der Waals surface area contributed by atoms with E-state index >= 15 is 0 Å². The molecule has 3 heteroatoms. The largest absolute Gasteiger partial charge is 0.493 e. The van der Waals surface area contributed by atoms with Gasteiger partial charge in [-0.15, -0.1) is 0 Å². The summed E-state index contributed by atoms with van der Waals surface area (Å²) < 4.78 is 11.9. The van der Waals surface area contributed by atoms with E-state index in [-0.39, 0.29) is 0 Å². The molecule has 1 N–H and O–H groups in total. The van der Waals surface area contributed by atoms with Crippen LogP contribution in [-0.2, 0) is 4.74 Å². The fourth-order valence-electron chi connectivity index (χ4n) is 3.23. The summed E-state index contributed by atoms with van der Waals surface area (Å²) in [5, 5.41) is 3.39. The molecule has 0 bridgehead atoms. The lowest BCUT2D eigenvalue weighted by atomic mass is 9.92. The van der Waals surface area contributed by atoms with Gasteiger partial charge >= 0.3 is 0 Å². The van der Waals surface area contributed by atoms with E-state index < -0.39 is 0 Å². The van der Waals surface area contributed by atoms with Crippen LogP contribution < -0.4 is 10.1 Å². The third kappa shape index (κ3) is 2.77. The van der Waals surface area contributed by atoms with Crippen LogP contribution in [0.15, 0.2) is 24.3 Å². The Kier molecular flexibility index (Phi) is 4.04. The molecule has 3 unspecified atom stereocenters. The van der Waals surface area contributed by atoms with Gasteiger partial charge in [0.25, 0.3) is 0 Å². The summed E-state index contributed by atoms with van der Waals surface area (Å²) in [7, 11) is 2.04. The Bertz CT molecular complexity index is 421. The number of benzene rings is 1.